The number of aromatic nitrogens is 2. The van der Waals surface area contributed by atoms with Gasteiger partial charge in [0.05, 0.1) is 35.3 Å². The zero-order valence-electron chi connectivity index (χ0n) is 31.3. The van der Waals surface area contributed by atoms with Gasteiger partial charge in [0.15, 0.2) is 5.78 Å². The van der Waals surface area contributed by atoms with Gasteiger partial charge in [-0.3, -0.25) is 24.2 Å². The molecule has 12 heteroatoms. The van der Waals surface area contributed by atoms with E-state index in [9.17, 15) is 19.2 Å². The van der Waals surface area contributed by atoms with E-state index in [0.717, 1.165) is 48.1 Å². The van der Waals surface area contributed by atoms with Gasteiger partial charge in [-0.25, -0.2) is 0 Å². The predicted octanol–water partition coefficient (Wildman–Crippen LogP) is 7.11. The van der Waals surface area contributed by atoms with Gasteiger partial charge >= 0.3 is 0 Å². The van der Waals surface area contributed by atoms with Crippen molar-refractivity contribution in [2.75, 3.05) is 29.5 Å². The van der Waals surface area contributed by atoms with Crippen LogP contribution < -0.4 is 21.1 Å². The summed E-state index contributed by atoms with van der Waals surface area (Å²) in [5.74, 6) is 0.146. The minimum Gasteiger partial charge on any atom is -0.493 e. The summed E-state index contributed by atoms with van der Waals surface area (Å²) in [7, 11) is 3.59. The van der Waals surface area contributed by atoms with Crippen LogP contribution in [0.5, 0.6) is 5.75 Å². The van der Waals surface area contributed by atoms with Gasteiger partial charge in [0.2, 0.25) is 5.91 Å². The average molecular weight is 740 g/mol. The third-order valence-electron chi connectivity index (χ3n) is 10.2. The van der Waals surface area contributed by atoms with E-state index < -0.39 is 0 Å². The summed E-state index contributed by atoms with van der Waals surface area (Å²) in [6, 6.07) is 21.9. The Balaban J connectivity index is 0.891. The second-order valence-corrected chi connectivity index (χ2v) is 14.3. The molecule has 4 N–H and O–H groups in total. The molecule has 0 aliphatic carbocycles. The summed E-state index contributed by atoms with van der Waals surface area (Å²) in [4.78, 5) is 58.8. The predicted molar refractivity (Wildman–Crippen MR) is 214 cm³/mol. The largest absolute Gasteiger partial charge is 0.493 e. The highest BCUT2D eigenvalue weighted by molar-refractivity contribution is 6.05. The number of nitrogens with zero attached hydrogens (tertiary/aromatic N) is 4. The first-order chi connectivity index (χ1) is 26.5. The van der Waals surface area contributed by atoms with Gasteiger partial charge in [-0.1, -0.05) is 24.3 Å². The molecule has 0 bridgehead atoms. The second kappa shape index (κ2) is 15.9. The number of ether oxygens (including phenoxy) is 1. The third kappa shape index (κ3) is 8.38. The normalized spacial score (nSPS) is 14.9. The number of aliphatic imine (C=N–C) groups is 1. The fourth-order valence-electron chi connectivity index (χ4n) is 7.15. The number of carbonyl (C=O) groups excluding carboxylic acids is 4. The number of hydrogen-bond donors (Lipinski definition) is 3. The van der Waals surface area contributed by atoms with Gasteiger partial charge in [-0.05, 0) is 91.8 Å². The maximum Gasteiger partial charge on any atom is 0.272 e. The van der Waals surface area contributed by atoms with E-state index in [0.29, 0.717) is 58.5 Å². The number of nitrogens with one attached hydrogen (secondary N) is 2. The molecule has 2 aromatic heterocycles. The number of hydrogen-bond acceptors (Lipinski definition) is 7. The van der Waals surface area contributed by atoms with Crippen LogP contribution in [0, 0.1) is 6.92 Å². The number of aryl methyl sites for hydroxylation is 3. The van der Waals surface area contributed by atoms with Crippen molar-refractivity contribution in [3.05, 3.63) is 113 Å². The van der Waals surface area contributed by atoms with E-state index in [1.807, 2.05) is 90.4 Å². The number of piperidine rings is 1. The molecule has 4 heterocycles. The molecule has 1 atom stereocenters. The van der Waals surface area contributed by atoms with E-state index in [-0.39, 0.29) is 42.4 Å². The molecular weight excluding hydrogens is 695 g/mol. The molecule has 5 aromatic rings. The van der Waals surface area contributed by atoms with Crippen LogP contribution >= 0.6 is 0 Å². The number of ketones is 1. The van der Waals surface area contributed by atoms with Crippen molar-refractivity contribution in [1.29, 1.82) is 0 Å². The Hall–Kier alpha value is -6.43. The van der Waals surface area contributed by atoms with Gasteiger partial charge in [-0.15, -0.1) is 0 Å². The molecular formula is C43H45N7O5. The minimum atomic E-state index is -0.322. The number of benzene rings is 3. The summed E-state index contributed by atoms with van der Waals surface area (Å²) in [6.07, 6.45) is 9.48. The first-order valence-electron chi connectivity index (χ1n) is 18.6. The lowest BCUT2D eigenvalue weighted by atomic mass is 10.0. The van der Waals surface area contributed by atoms with Crippen LogP contribution in [0.15, 0.2) is 90.2 Å². The van der Waals surface area contributed by atoms with Crippen molar-refractivity contribution in [1.82, 2.24) is 14.0 Å². The number of rotatable bonds is 12. The fraction of sp³-hybridized carbons (Fsp3) is 0.279. The molecule has 55 heavy (non-hydrogen) atoms. The van der Waals surface area contributed by atoms with Crippen LogP contribution in [0.3, 0.4) is 0 Å². The van der Waals surface area contributed by atoms with Crippen LogP contribution in [0.1, 0.15) is 74.6 Å². The van der Waals surface area contributed by atoms with E-state index in [2.05, 4.69) is 15.6 Å². The van der Waals surface area contributed by atoms with Crippen LogP contribution in [0.25, 0.3) is 11.1 Å². The molecule has 7 rings (SSSR count). The smallest absolute Gasteiger partial charge is 0.272 e. The van der Waals surface area contributed by atoms with Gasteiger partial charge in [0.25, 0.3) is 11.8 Å². The van der Waals surface area contributed by atoms with Gasteiger partial charge < -0.3 is 35.1 Å². The number of amides is 3. The number of Topliss-reactive ketones (excluding diaryl/α,β-unsaturated/α-hetero) is 1. The SMILES string of the molecule is Cc1cc2c(cc1OCCCC(=O)Nc1cc(C(=O)Nc3ccc(-c4cc(C(=O)Cc5ccc(N)cc5)n(C)c4)cc3)n(C)c1)N=C[C@@H]1CCCCN1C2=O. The van der Waals surface area contributed by atoms with Gasteiger partial charge in [0, 0.05) is 75.1 Å². The quantitative estimate of drug-likeness (QED) is 0.0705. The Kier molecular flexibility index (Phi) is 10.7. The number of nitrogen functional groups attached to an aromatic ring is 1. The monoisotopic (exact) mass is 739 g/mol. The maximum absolute atomic E-state index is 13.2. The summed E-state index contributed by atoms with van der Waals surface area (Å²) < 4.78 is 9.51. The van der Waals surface area contributed by atoms with Gasteiger partial charge in [0.1, 0.15) is 11.4 Å². The van der Waals surface area contributed by atoms with Crippen molar-refractivity contribution in [3.63, 3.8) is 0 Å². The first-order valence-corrected chi connectivity index (χ1v) is 18.6. The van der Waals surface area contributed by atoms with Crippen molar-refractivity contribution >= 4 is 52.5 Å². The van der Waals surface area contributed by atoms with Gasteiger partial charge in [-0.2, -0.15) is 0 Å². The molecule has 0 radical (unpaired) electrons. The molecule has 1 saturated heterocycles. The van der Waals surface area contributed by atoms with Crippen molar-refractivity contribution in [3.8, 4) is 16.9 Å². The molecule has 3 amide bonds. The number of fused-ring (bicyclic) bond motifs is 2. The number of carbonyl (C=O) groups is 4. The Labute approximate surface area is 320 Å². The molecule has 2 aliphatic rings. The standard InChI is InChI=1S/C43H45N7O5/c1-27-19-35-36(45-24-34-7-4-5-17-50(34)43(35)54)23-40(27)55-18-6-8-41(52)46-33-22-38(49(3)26-33)42(53)47-32-15-11-29(12-16-32)30-21-37(48(2)25-30)39(51)20-28-9-13-31(44)14-10-28/h9-16,19,21-26,34H,4-8,17-18,20,44H2,1-3H3,(H,46,52)(H,47,53)/t34-/m0/s1. The van der Waals surface area contributed by atoms with Crippen LogP contribution in [0.4, 0.5) is 22.7 Å². The summed E-state index contributed by atoms with van der Waals surface area (Å²) >= 11 is 0. The van der Waals surface area contributed by atoms with Crippen LogP contribution in [-0.2, 0) is 25.3 Å². The van der Waals surface area contributed by atoms with Crippen molar-refractivity contribution < 1.29 is 23.9 Å². The van der Waals surface area contributed by atoms with E-state index in [4.69, 9.17) is 10.5 Å². The highest BCUT2D eigenvalue weighted by Crippen LogP contribution is 2.34. The zero-order valence-corrected chi connectivity index (χ0v) is 31.3. The Morgan fingerprint density at radius 1 is 0.873 bits per heavy atom. The lowest BCUT2D eigenvalue weighted by molar-refractivity contribution is -0.116. The van der Waals surface area contributed by atoms with E-state index in [1.54, 1.807) is 36.0 Å². The average Bonchev–Trinajstić information content (AvgIpc) is 3.71. The molecule has 282 valence electrons. The summed E-state index contributed by atoms with van der Waals surface area (Å²) in [6.45, 7) is 2.97. The molecule has 3 aromatic carbocycles. The topological polar surface area (TPSA) is 153 Å². The van der Waals surface area contributed by atoms with Crippen molar-refractivity contribution in [2.24, 2.45) is 19.1 Å². The highest BCUT2D eigenvalue weighted by Gasteiger charge is 2.30. The number of anilines is 3. The van der Waals surface area contributed by atoms with E-state index in [1.165, 1.54) is 0 Å². The molecule has 12 nitrogen and oxygen atoms in total. The van der Waals surface area contributed by atoms with Crippen LogP contribution in [0.2, 0.25) is 0 Å². The summed E-state index contributed by atoms with van der Waals surface area (Å²) in [5, 5.41) is 5.80. The molecule has 0 unspecified atom stereocenters. The van der Waals surface area contributed by atoms with Crippen molar-refractivity contribution in [2.45, 2.75) is 51.5 Å². The minimum absolute atomic E-state index is 0.00701. The Morgan fingerprint density at radius 3 is 2.42 bits per heavy atom. The molecule has 2 aliphatic heterocycles. The zero-order chi connectivity index (χ0) is 38.6. The molecule has 1 fully saturated rings. The Morgan fingerprint density at radius 2 is 1.64 bits per heavy atom. The maximum atomic E-state index is 13.2. The lowest BCUT2D eigenvalue weighted by Gasteiger charge is -2.32. The Bertz CT molecular complexity index is 2280. The first kappa shape index (κ1) is 36.9. The third-order valence-corrected chi connectivity index (χ3v) is 10.2. The highest BCUT2D eigenvalue weighted by atomic mass is 16.5. The number of nitrogens with two attached hydrogens (primary N) is 1. The fourth-order valence-corrected chi connectivity index (χ4v) is 7.15. The van der Waals surface area contributed by atoms with Crippen LogP contribution in [-0.4, -0.2) is 62.9 Å². The second-order valence-electron chi connectivity index (χ2n) is 14.3. The molecule has 0 saturated carbocycles. The summed E-state index contributed by atoms with van der Waals surface area (Å²) in [5.41, 5.74) is 13.3. The van der Waals surface area contributed by atoms with E-state index >= 15 is 0 Å². The molecule has 0 spiro atoms. The lowest BCUT2D eigenvalue weighted by Crippen LogP contribution is -2.43.